The van der Waals surface area contributed by atoms with Gasteiger partial charge in [-0.05, 0) is 49.2 Å². The van der Waals surface area contributed by atoms with Gasteiger partial charge in [0.05, 0.1) is 19.1 Å². The van der Waals surface area contributed by atoms with Crippen molar-refractivity contribution in [3.63, 3.8) is 0 Å². The molecule has 0 radical (unpaired) electrons. The Morgan fingerprint density at radius 3 is 2.31 bits per heavy atom. The molecule has 8 nitrogen and oxygen atoms in total. The van der Waals surface area contributed by atoms with E-state index in [4.69, 9.17) is 19.4 Å². The number of carbonyl (C=O) groups excluding carboxylic acids is 1. The SMILES string of the molecule is COc1ccc(OC2CCN(S(=O)c3cccc(OC)c3C(=O)NO)CC2)cc1. The molecule has 1 aliphatic rings. The van der Waals surface area contributed by atoms with Crippen molar-refractivity contribution in [2.24, 2.45) is 0 Å². The topological polar surface area (TPSA) is 97.3 Å². The minimum Gasteiger partial charge on any atom is -0.497 e. The van der Waals surface area contributed by atoms with Gasteiger partial charge in [0.1, 0.15) is 39.9 Å². The van der Waals surface area contributed by atoms with Crippen molar-refractivity contribution in [1.82, 2.24) is 9.79 Å². The number of rotatable bonds is 7. The molecule has 0 bridgehead atoms. The molecule has 1 atom stereocenters. The molecule has 1 fully saturated rings. The molecule has 1 aliphatic heterocycles. The van der Waals surface area contributed by atoms with Crippen molar-refractivity contribution in [2.75, 3.05) is 27.3 Å². The van der Waals surface area contributed by atoms with Gasteiger partial charge in [-0.2, -0.15) is 0 Å². The van der Waals surface area contributed by atoms with Crippen LogP contribution >= 0.6 is 0 Å². The number of nitrogens with zero attached hydrogens (tertiary/aromatic N) is 1. The van der Waals surface area contributed by atoms with Crippen LogP contribution in [0.15, 0.2) is 47.4 Å². The standard InChI is InChI=1S/C20H24N2O6S/c1-26-14-6-8-15(9-7-14)28-16-10-12-22(13-11-16)29(25)18-5-3-4-17(27-2)19(18)20(23)21-24/h3-9,16,24H,10-13H2,1-2H3,(H,21,23). The molecule has 156 valence electrons. The second kappa shape index (κ2) is 9.73. The molecule has 1 saturated heterocycles. The molecule has 0 aromatic heterocycles. The predicted molar refractivity (Wildman–Crippen MR) is 107 cm³/mol. The van der Waals surface area contributed by atoms with Gasteiger partial charge < -0.3 is 14.2 Å². The Balaban J connectivity index is 1.66. The summed E-state index contributed by atoms with van der Waals surface area (Å²) < 4.78 is 31.2. The van der Waals surface area contributed by atoms with E-state index in [1.54, 1.807) is 35.1 Å². The number of carbonyl (C=O) groups is 1. The predicted octanol–water partition coefficient (Wildman–Crippen LogP) is 2.39. The number of piperidine rings is 1. The van der Waals surface area contributed by atoms with Gasteiger partial charge in [-0.25, -0.2) is 14.0 Å². The van der Waals surface area contributed by atoms with Crippen LogP contribution in [0, 0.1) is 0 Å². The summed E-state index contributed by atoms with van der Waals surface area (Å²) in [5, 5.41) is 9.04. The van der Waals surface area contributed by atoms with Crippen molar-refractivity contribution >= 4 is 16.9 Å². The molecular weight excluding hydrogens is 396 g/mol. The lowest BCUT2D eigenvalue weighted by molar-refractivity contribution is 0.0699. The van der Waals surface area contributed by atoms with E-state index in [1.165, 1.54) is 7.11 Å². The average molecular weight is 420 g/mol. The van der Waals surface area contributed by atoms with Crippen LogP contribution in [0.25, 0.3) is 0 Å². The van der Waals surface area contributed by atoms with Gasteiger partial charge in [-0.15, -0.1) is 0 Å². The molecule has 1 unspecified atom stereocenters. The van der Waals surface area contributed by atoms with Crippen LogP contribution in [-0.4, -0.2) is 53.0 Å². The zero-order chi connectivity index (χ0) is 20.8. The van der Waals surface area contributed by atoms with Gasteiger partial charge in [0.2, 0.25) is 0 Å². The summed E-state index contributed by atoms with van der Waals surface area (Å²) in [6.07, 6.45) is 1.41. The van der Waals surface area contributed by atoms with Gasteiger partial charge >= 0.3 is 0 Å². The van der Waals surface area contributed by atoms with Gasteiger partial charge in [-0.1, -0.05) is 6.07 Å². The van der Waals surface area contributed by atoms with E-state index in [1.807, 2.05) is 24.3 Å². The summed E-state index contributed by atoms with van der Waals surface area (Å²) in [6, 6.07) is 12.3. The van der Waals surface area contributed by atoms with Crippen LogP contribution in [0.1, 0.15) is 23.2 Å². The van der Waals surface area contributed by atoms with E-state index in [-0.39, 0.29) is 17.4 Å². The third-order valence-corrected chi connectivity index (χ3v) is 6.27. The molecule has 2 aromatic carbocycles. The number of methoxy groups -OCH3 is 2. The summed E-state index contributed by atoms with van der Waals surface area (Å²) in [7, 11) is 1.46. The molecule has 1 heterocycles. The fraction of sp³-hybridized carbons (Fsp3) is 0.350. The fourth-order valence-corrected chi connectivity index (χ4v) is 4.59. The lowest BCUT2D eigenvalue weighted by Gasteiger charge is -2.31. The van der Waals surface area contributed by atoms with Crippen molar-refractivity contribution in [2.45, 2.75) is 23.8 Å². The fourth-order valence-electron chi connectivity index (χ4n) is 3.21. The first kappa shape index (κ1) is 21.1. The van der Waals surface area contributed by atoms with Crippen LogP contribution in [0.3, 0.4) is 0 Å². The second-order valence-corrected chi connectivity index (χ2v) is 7.90. The third-order valence-electron chi connectivity index (χ3n) is 4.72. The molecule has 29 heavy (non-hydrogen) atoms. The first-order valence-electron chi connectivity index (χ1n) is 9.16. The minimum absolute atomic E-state index is 0.0159. The number of nitrogens with one attached hydrogen (secondary N) is 1. The monoisotopic (exact) mass is 420 g/mol. The number of hydrogen-bond acceptors (Lipinski definition) is 6. The Morgan fingerprint density at radius 1 is 1.07 bits per heavy atom. The number of hydroxylamine groups is 1. The first-order valence-corrected chi connectivity index (χ1v) is 10.3. The number of amides is 1. The van der Waals surface area contributed by atoms with E-state index in [2.05, 4.69) is 0 Å². The van der Waals surface area contributed by atoms with E-state index in [0.29, 0.717) is 30.8 Å². The molecule has 0 saturated carbocycles. The highest BCUT2D eigenvalue weighted by atomic mass is 32.2. The highest BCUT2D eigenvalue weighted by molar-refractivity contribution is 7.82. The maximum Gasteiger partial charge on any atom is 0.279 e. The second-order valence-electron chi connectivity index (χ2n) is 6.45. The quantitative estimate of drug-likeness (QED) is 0.527. The van der Waals surface area contributed by atoms with E-state index < -0.39 is 16.9 Å². The average Bonchev–Trinajstić information content (AvgIpc) is 2.78. The molecule has 9 heteroatoms. The summed E-state index contributed by atoms with van der Waals surface area (Å²) in [5.41, 5.74) is 1.66. The lowest BCUT2D eigenvalue weighted by atomic mass is 10.1. The lowest BCUT2D eigenvalue weighted by Crippen LogP contribution is -2.39. The van der Waals surface area contributed by atoms with Crippen LogP contribution in [0.5, 0.6) is 17.2 Å². The number of ether oxygens (including phenoxy) is 3. The third kappa shape index (κ3) is 4.87. The number of hydrogen-bond donors (Lipinski definition) is 2. The van der Waals surface area contributed by atoms with E-state index in [0.717, 1.165) is 11.5 Å². The van der Waals surface area contributed by atoms with Gasteiger partial charge in [-0.3, -0.25) is 10.0 Å². The zero-order valence-corrected chi connectivity index (χ0v) is 17.1. The highest BCUT2D eigenvalue weighted by Gasteiger charge is 2.28. The number of benzene rings is 2. The summed E-state index contributed by atoms with van der Waals surface area (Å²) in [5.74, 6) is 1.02. The van der Waals surface area contributed by atoms with Gasteiger partial charge in [0.15, 0.2) is 0 Å². The van der Waals surface area contributed by atoms with Crippen molar-refractivity contribution < 1.29 is 28.4 Å². The van der Waals surface area contributed by atoms with Crippen LogP contribution in [-0.2, 0) is 11.0 Å². The Kier molecular flexibility index (Phi) is 7.08. The molecule has 0 spiro atoms. The smallest absolute Gasteiger partial charge is 0.279 e. The van der Waals surface area contributed by atoms with Crippen LogP contribution in [0.2, 0.25) is 0 Å². The van der Waals surface area contributed by atoms with E-state index >= 15 is 0 Å². The first-order chi connectivity index (χ1) is 14.1. The van der Waals surface area contributed by atoms with Crippen LogP contribution < -0.4 is 19.7 Å². The maximum absolute atomic E-state index is 13.1. The zero-order valence-electron chi connectivity index (χ0n) is 16.3. The van der Waals surface area contributed by atoms with Gasteiger partial charge in [0.25, 0.3) is 5.91 Å². The van der Waals surface area contributed by atoms with Crippen molar-refractivity contribution in [3.05, 3.63) is 48.0 Å². The molecule has 0 aliphatic carbocycles. The largest absolute Gasteiger partial charge is 0.497 e. The Hall–Kier alpha value is -2.62. The summed E-state index contributed by atoms with van der Waals surface area (Å²) in [6.45, 7) is 1.09. The molecule has 3 rings (SSSR count). The molecule has 1 amide bonds. The highest BCUT2D eigenvalue weighted by Crippen LogP contribution is 2.28. The van der Waals surface area contributed by atoms with Crippen molar-refractivity contribution in [3.8, 4) is 17.2 Å². The Labute approximate surface area is 171 Å². The van der Waals surface area contributed by atoms with Crippen molar-refractivity contribution in [1.29, 1.82) is 0 Å². The van der Waals surface area contributed by atoms with E-state index in [9.17, 15) is 9.00 Å². The Morgan fingerprint density at radius 2 is 1.72 bits per heavy atom. The normalized spacial score (nSPS) is 16.1. The molecule has 2 aromatic rings. The minimum atomic E-state index is -1.57. The Bertz CT molecular complexity index is 866. The maximum atomic E-state index is 13.1. The molecular formula is C20H24N2O6S. The summed E-state index contributed by atoms with van der Waals surface area (Å²) in [4.78, 5) is 12.4. The van der Waals surface area contributed by atoms with Crippen LogP contribution in [0.4, 0.5) is 0 Å². The molecule has 2 N–H and O–H groups in total. The summed E-state index contributed by atoms with van der Waals surface area (Å²) >= 11 is 0. The van der Waals surface area contributed by atoms with Gasteiger partial charge in [0, 0.05) is 13.1 Å².